The molecule has 2 fully saturated rings. The number of benzene rings is 1. The van der Waals surface area contributed by atoms with Crippen molar-refractivity contribution >= 4 is 11.9 Å². The summed E-state index contributed by atoms with van der Waals surface area (Å²) in [4.78, 5) is 23.7. The summed E-state index contributed by atoms with van der Waals surface area (Å²) in [5.74, 6) is -1.58. The number of hydrogen-bond donors (Lipinski definition) is 2. The van der Waals surface area contributed by atoms with E-state index < -0.39 is 11.5 Å². The van der Waals surface area contributed by atoms with Crippen molar-refractivity contribution in [2.45, 2.75) is 37.6 Å². The molecule has 1 aromatic rings. The van der Waals surface area contributed by atoms with Gasteiger partial charge in [0.15, 0.2) is 0 Å². The zero-order chi connectivity index (χ0) is 15.2. The van der Waals surface area contributed by atoms with E-state index in [-0.39, 0.29) is 29.5 Å². The summed E-state index contributed by atoms with van der Waals surface area (Å²) in [6.07, 6.45) is 2.38. The number of nitrogens with one attached hydrogen (secondary N) is 1. The van der Waals surface area contributed by atoms with E-state index in [9.17, 15) is 19.1 Å². The number of aliphatic carboxylic acids is 1. The Morgan fingerprint density at radius 3 is 2.43 bits per heavy atom. The van der Waals surface area contributed by atoms with Gasteiger partial charge in [0, 0.05) is 5.92 Å². The van der Waals surface area contributed by atoms with Crippen molar-refractivity contribution in [1.82, 2.24) is 5.32 Å². The Hall–Kier alpha value is -1.91. The molecule has 0 spiro atoms. The molecule has 0 heterocycles. The quantitative estimate of drug-likeness (QED) is 0.874. The predicted octanol–water partition coefficient (Wildman–Crippen LogP) is 2.30. The first kappa shape index (κ1) is 14.0. The third-order valence-electron chi connectivity index (χ3n) is 4.65. The molecule has 1 aromatic carbocycles. The predicted molar refractivity (Wildman–Crippen MR) is 74.2 cm³/mol. The zero-order valence-corrected chi connectivity index (χ0v) is 11.8. The van der Waals surface area contributed by atoms with Crippen LogP contribution in [0.4, 0.5) is 4.39 Å². The van der Waals surface area contributed by atoms with Crippen LogP contribution in [0, 0.1) is 17.7 Å². The number of amides is 1. The number of halogens is 1. The van der Waals surface area contributed by atoms with Gasteiger partial charge in [0.2, 0.25) is 5.91 Å². The van der Waals surface area contributed by atoms with E-state index in [2.05, 4.69) is 5.32 Å². The first-order valence-corrected chi connectivity index (χ1v) is 7.22. The molecule has 112 valence electrons. The first-order valence-electron chi connectivity index (χ1n) is 7.22. The van der Waals surface area contributed by atoms with Gasteiger partial charge in [0.25, 0.3) is 0 Å². The van der Waals surface area contributed by atoms with E-state index in [0.717, 1.165) is 18.4 Å². The number of carbonyl (C=O) groups excluding carboxylic acids is 1. The van der Waals surface area contributed by atoms with Crippen molar-refractivity contribution < 1.29 is 19.1 Å². The fraction of sp³-hybridized carbons (Fsp3) is 0.500. The van der Waals surface area contributed by atoms with Crippen LogP contribution >= 0.6 is 0 Å². The number of carboxylic acids is 1. The molecule has 5 heteroatoms. The normalized spacial score (nSPS) is 26.8. The van der Waals surface area contributed by atoms with Gasteiger partial charge in [-0.05, 0) is 55.7 Å². The number of hydrogen-bond acceptors (Lipinski definition) is 2. The van der Waals surface area contributed by atoms with Gasteiger partial charge in [-0.2, -0.15) is 0 Å². The molecule has 1 amide bonds. The highest BCUT2D eigenvalue weighted by atomic mass is 19.1. The smallest absolute Gasteiger partial charge is 0.329 e. The van der Waals surface area contributed by atoms with Crippen LogP contribution in [0.3, 0.4) is 0 Å². The maximum atomic E-state index is 12.9. The largest absolute Gasteiger partial charge is 0.480 e. The van der Waals surface area contributed by atoms with Crippen LogP contribution in [-0.2, 0) is 9.59 Å². The van der Waals surface area contributed by atoms with Gasteiger partial charge in [0.05, 0.1) is 0 Å². The van der Waals surface area contributed by atoms with Gasteiger partial charge in [-0.3, -0.25) is 4.79 Å². The lowest BCUT2D eigenvalue weighted by Gasteiger charge is -2.26. The average Bonchev–Trinajstić information content (AvgIpc) is 3.30. The van der Waals surface area contributed by atoms with Crippen molar-refractivity contribution in [1.29, 1.82) is 0 Å². The summed E-state index contributed by atoms with van der Waals surface area (Å²) in [6.45, 7) is 1.58. The van der Waals surface area contributed by atoms with E-state index >= 15 is 0 Å². The second-order valence-electron chi connectivity index (χ2n) is 6.27. The maximum absolute atomic E-state index is 12.9. The molecule has 3 unspecified atom stereocenters. The van der Waals surface area contributed by atoms with E-state index in [4.69, 9.17) is 0 Å². The van der Waals surface area contributed by atoms with Crippen LogP contribution in [0.5, 0.6) is 0 Å². The zero-order valence-electron chi connectivity index (χ0n) is 11.8. The summed E-state index contributed by atoms with van der Waals surface area (Å²) in [7, 11) is 0. The third kappa shape index (κ3) is 2.64. The molecule has 2 saturated carbocycles. The lowest BCUT2D eigenvalue weighted by molar-refractivity contribution is -0.148. The maximum Gasteiger partial charge on any atom is 0.329 e. The third-order valence-corrected chi connectivity index (χ3v) is 4.65. The molecule has 3 rings (SSSR count). The highest BCUT2D eigenvalue weighted by molar-refractivity contribution is 5.90. The molecule has 3 atom stereocenters. The second-order valence-corrected chi connectivity index (χ2v) is 6.27. The van der Waals surface area contributed by atoms with Crippen LogP contribution in [0.25, 0.3) is 0 Å². The van der Waals surface area contributed by atoms with Crippen molar-refractivity contribution in [2.75, 3.05) is 0 Å². The van der Waals surface area contributed by atoms with Crippen molar-refractivity contribution in [3.8, 4) is 0 Å². The number of carboxylic acid groups (broad SMARTS) is 1. The highest BCUT2D eigenvalue weighted by Crippen LogP contribution is 2.48. The van der Waals surface area contributed by atoms with Crippen LogP contribution in [0.15, 0.2) is 24.3 Å². The van der Waals surface area contributed by atoms with Crippen LogP contribution in [0.2, 0.25) is 0 Å². The Kier molecular flexibility index (Phi) is 3.23. The molecule has 2 aliphatic rings. The summed E-state index contributed by atoms with van der Waals surface area (Å²) < 4.78 is 12.9. The molecule has 0 bridgehead atoms. The summed E-state index contributed by atoms with van der Waals surface area (Å²) in [6, 6.07) is 6.14. The fourth-order valence-corrected chi connectivity index (χ4v) is 2.90. The minimum absolute atomic E-state index is 0.0296. The molecule has 21 heavy (non-hydrogen) atoms. The molecular formula is C16H18FNO3. The molecule has 2 N–H and O–H groups in total. The van der Waals surface area contributed by atoms with E-state index in [1.165, 1.54) is 12.1 Å². The Morgan fingerprint density at radius 2 is 1.90 bits per heavy atom. The summed E-state index contributed by atoms with van der Waals surface area (Å²) in [5, 5.41) is 12.1. The molecular weight excluding hydrogens is 273 g/mol. The topological polar surface area (TPSA) is 66.4 Å². The summed E-state index contributed by atoms with van der Waals surface area (Å²) >= 11 is 0. The monoisotopic (exact) mass is 291 g/mol. The second kappa shape index (κ2) is 4.83. The summed E-state index contributed by atoms with van der Waals surface area (Å²) in [5.41, 5.74) is -0.229. The SMILES string of the molecule is CC(NC(=O)C1CC1c1ccc(F)cc1)(C(=O)O)C1CC1. The Morgan fingerprint density at radius 1 is 1.29 bits per heavy atom. The molecule has 0 aliphatic heterocycles. The van der Waals surface area contributed by atoms with Crippen molar-refractivity contribution in [2.24, 2.45) is 11.8 Å². The first-order chi connectivity index (χ1) is 9.91. The Balaban J connectivity index is 1.65. The lowest BCUT2D eigenvalue weighted by atomic mass is 9.95. The molecule has 0 aromatic heterocycles. The van der Waals surface area contributed by atoms with E-state index in [0.29, 0.717) is 6.42 Å². The van der Waals surface area contributed by atoms with Crippen LogP contribution in [-0.4, -0.2) is 22.5 Å². The van der Waals surface area contributed by atoms with Gasteiger partial charge in [-0.25, -0.2) is 9.18 Å². The highest BCUT2D eigenvalue weighted by Gasteiger charge is 2.52. The van der Waals surface area contributed by atoms with E-state index in [1.54, 1.807) is 19.1 Å². The minimum atomic E-state index is -1.16. The van der Waals surface area contributed by atoms with Gasteiger partial charge in [0.1, 0.15) is 11.4 Å². The van der Waals surface area contributed by atoms with Crippen molar-refractivity contribution in [3.05, 3.63) is 35.6 Å². The Bertz CT molecular complexity index is 582. The molecule has 2 aliphatic carbocycles. The number of carbonyl (C=O) groups is 2. The molecule has 4 nitrogen and oxygen atoms in total. The fourth-order valence-electron chi connectivity index (χ4n) is 2.90. The molecule has 0 saturated heterocycles. The van der Waals surface area contributed by atoms with E-state index in [1.807, 2.05) is 0 Å². The minimum Gasteiger partial charge on any atom is -0.480 e. The standard InChI is InChI=1S/C16H18FNO3/c1-16(15(20)21,10-4-5-10)18-14(19)13-8-12(13)9-2-6-11(17)7-3-9/h2-3,6-7,10,12-13H,4-5,8H2,1H3,(H,18,19)(H,20,21). The Labute approximate surface area is 122 Å². The molecule has 0 radical (unpaired) electrons. The average molecular weight is 291 g/mol. The van der Waals surface area contributed by atoms with Crippen LogP contribution < -0.4 is 5.32 Å². The number of rotatable bonds is 5. The van der Waals surface area contributed by atoms with Gasteiger partial charge < -0.3 is 10.4 Å². The van der Waals surface area contributed by atoms with Gasteiger partial charge in [-0.1, -0.05) is 12.1 Å². The van der Waals surface area contributed by atoms with Crippen LogP contribution in [0.1, 0.15) is 37.7 Å². The van der Waals surface area contributed by atoms with Gasteiger partial charge >= 0.3 is 5.97 Å². The van der Waals surface area contributed by atoms with Crippen molar-refractivity contribution in [3.63, 3.8) is 0 Å². The lowest BCUT2D eigenvalue weighted by Crippen LogP contribution is -2.54. The van der Waals surface area contributed by atoms with Gasteiger partial charge in [-0.15, -0.1) is 0 Å².